The molecule has 1 unspecified atom stereocenters. The Labute approximate surface area is 210 Å². The molecule has 0 saturated heterocycles. The Balaban J connectivity index is 1.43. The second kappa shape index (κ2) is 11.3. The van der Waals surface area contributed by atoms with Crippen molar-refractivity contribution < 1.29 is 32.9 Å². The van der Waals surface area contributed by atoms with Crippen molar-refractivity contribution in [3.8, 4) is 11.5 Å². The summed E-state index contributed by atoms with van der Waals surface area (Å²) in [7, 11) is 0. The lowest BCUT2D eigenvalue weighted by atomic mass is 10.1. The molecule has 0 aliphatic carbocycles. The van der Waals surface area contributed by atoms with E-state index in [1.54, 1.807) is 42.6 Å². The summed E-state index contributed by atoms with van der Waals surface area (Å²) in [6, 6.07) is 15.1. The number of imidazole rings is 1. The molecule has 1 amide bonds. The highest BCUT2D eigenvalue weighted by atomic mass is 19.4. The number of nitrogens with one attached hydrogen (secondary N) is 1. The number of nitrogens with zero attached hydrogens (tertiary/aromatic N) is 3. The van der Waals surface area contributed by atoms with Gasteiger partial charge in [-0.2, -0.15) is 0 Å². The number of amides is 1. The van der Waals surface area contributed by atoms with Crippen LogP contribution in [0.1, 0.15) is 23.4 Å². The molecule has 2 aromatic heterocycles. The van der Waals surface area contributed by atoms with Gasteiger partial charge in [-0.25, -0.2) is 9.97 Å². The monoisotopic (exact) mass is 514 g/mol. The van der Waals surface area contributed by atoms with Gasteiger partial charge < -0.3 is 24.8 Å². The summed E-state index contributed by atoms with van der Waals surface area (Å²) >= 11 is 0. The number of hydrogen-bond donors (Lipinski definition) is 3. The largest absolute Gasteiger partial charge is 0.573 e. The van der Waals surface area contributed by atoms with Crippen molar-refractivity contribution in [3.05, 3.63) is 83.8 Å². The highest BCUT2D eigenvalue weighted by molar-refractivity contribution is 5.77. The zero-order valence-corrected chi connectivity index (χ0v) is 19.7. The fourth-order valence-electron chi connectivity index (χ4n) is 3.94. The van der Waals surface area contributed by atoms with Crippen molar-refractivity contribution in [2.75, 3.05) is 6.61 Å². The minimum absolute atomic E-state index is 0.105. The van der Waals surface area contributed by atoms with Crippen LogP contribution in [-0.2, 0) is 24.2 Å². The number of carbonyl (C=O) groups is 1. The van der Waals surface area contributed by atoms with Crippen LogP contribution in [0.25, 0.3) is 11.2 Å². The molecule has 11 heteroatoms. The first-order valence-electron chi connectivity index (χ1n) is 11.5. The lowest BCUT2D eigenvalue weighted by Crippen LogP contribution is -2.39. The number of carbonyl (C=O) groups excluding carboxylic acids is 1. The number of aliphatic hydroxyl groups excluding tert-OH is 1. The molecule has 0 bridgehead atoms. The number of ether oxygens (including phenoxy) is 1. The minimum atomic E-state index is -4.77. The van der Waals surface area contributed by atoms with Gasteiger partial charge in [0.15, 0.2) is 5.65 Å². The van der Waals surface area contributed by atoms with Gasteiger partial charge in [-0.3, -0.25) is 4.79 Å². The number of pyridine rings is 1. The average molecular weight is 515 g/mol. The van der Waals surface area contributed by atoms with Crippen molar-refractivity contribution in [3.63, 3.8) is 0 Å². The quantitative estimate of drug-likeness (QED) is 0.298. The van der Waals surface area contributed by atoms with Crippen LogP contribution in [0.2, 0.25) is 0 Å². The van der Waals surface area contributed by atoms with Crippen molar-refractivity contribution in [1.29, 1.82) is 0 Å². The Bertz CT molecular complexity index is 1340. The van der Waals surface area contributed by atoms with Gasteiger partial charge in [0.2, 0.25) is 5.91 Å². The van der Waals surface area contributed by atoms with Gasteiger partial charge in [0, 0.05) is 19.0 Å². The van der Waals surface area contributed by atoms with E-state index in [9.17, 15) is 28.2 Å². The Morgan fingerprint density at radius 2 is 1.76 bits per heavy atom. The molecule has 4 rings (SSSR count). The number of phenols is 1. The molecule has 3 N–H and O–H groups in total. The van der Waals surface area contributed by atoms with Crippen LogP contribution < -0.4 is 10.1 Å². The zero-order valence-electron chi connectivity index (χ0n) is 19.7. The minimum Gasteiger partial charge on any atom is -0.508 e. The van der Waals surface area contributed by atoms with E-state index in [4.69, 9.17) is 0 Å². The van der Waals surface area contributed by atoms with Gasteiger partial charge in [-0.05, 0) is 53.9 Å². The molecule has 0 aliphatic heterocycles. The first-order valence-corrected chi connectivity index (χ1v) is 11.5. The molecular formula is C26H25F3N4O4. The fraction of sp³-hybridized carbons (Fsp3) is 0.269. The molecule has 37 heavy (non-hydrogen) atoms. The number of benzene rings is 2. The summed E-state index contributed by atoms with van der Waals surface area (Å²) in [4.78, 5) is 21.6. The number of aliphatic hydroxyl groups is 1. The second-order valence-electron chi connectivity index (χ2n) is 8.47. The maximum atomic E-state index is 12.6. The third-order valence-corrected chi connectivity index (χ3v) is 5.66. The fourth-order valence-corrected chi connectivity index (χ4v) is 3.94. The van der Waals surface area contributed by atoms with E-state index >= 15 is 0 Å². The predicted octanol–water partition coefficient (Wildman–Crippen LogP) is 3.74. The number of aromatic nitrogens is 3. The maximum absolute atomic E-state index is 12.6. The number of halogens is 3. The smallest absolute Gasteiger partial charge is 0.508 e. The van der Waals surface area contributed by atoms with Gasteiger partial charge in [0.25, 0.3) is 0 Å². The molecule has 8 nitrogen and oxygen atoms in total. The topological polar surface area (TPSA) is 110 Å². The summed E-state index contributed by atoms with van der Waals surface area (Å²) in [5.41, 5.74) is 2.79. The van der Waals surface area contributed by atoms with E-state index < -0.39 is 12.4 Å². The molecule has 0 spiro atoms. The highest BCUT2D eigenvalue weighted by Crippen LogP contribution is 2.24. The summed E-state index contributed by atoms with van der Waals surface area (Å²) in [6.45, 7) is 0.0416. The predicted molar refractivity (Wildman–Crippen MR) is 129 cm³/mol. The van der Waals surface area contributed by atoms with Crippen LogP contribution in [0.15, 0.2) is 66.9 Å². The van der Waals surface area contributed by atoms with Gasteiger partial charge in [0.1, 0.15) is 22.8 Å². The normalized spacial score (nSPS) is 12.4. The molecule has 0 aliphatic rings. The Morgan fingerprint density at radius 3 is 2.43 bits per heavy atom. The molecule has 0 radical (unpaired) electrons. The van der Waals surface area contributed by atoms with Crippen LogP contribution >= 0.6 is 0 Å². The average Bonchev–Trinajstić information content (AvgIpc) is 3.21. The molecular weight excluding hydrogens is 489 g/mol. The summed E-state index contributed by atoms with van der Waals surface area (Å²) in [5.74, 6) is 0.153. The molecule has 1 atom stereocenters. The van der Waals surface area contributed by atoms with Gasteiger partial charge in [-0.15, -0.1) is 13.2 Å². The molecule has 0 fully saturated rings. The van der Waals surface area contributed by atoms with Crippen LogP contribution in [0.4, 0.5) is 13.2 Å². The van der Waals surface area contributed by atoms with E-state index in [0.717, 1.165) is 5.56 Å². The molecule has 194 valence electrons. The Kier molecular flexibility index (Phi) is 7.92. The first-order chi connectivity index (χ1) is 17.7. The van der Waals surface area contributed by atoms with Crippen LogP contribution in [-0.4, -0.2) is 49.7 Å². The van der Waals surface area contributed by atoms with Crippen LogP contribution in [0, 0.1) is 0 Å². The van der Waals surface area contributed by atoms with Crippen molar-refractivity contribution in [1.82, 2.24) is 19.9 Å². The van der Waals surface area contributed by atoms with E-state index in [-0.39, 0.29) is 43.4 Å². The molecule has 2 heterocycles. The van der Waals surface area contributed by atoms with Crippen molar-refractivity contribution in [2.45, 2.75) is 38.2 Å². The summed E-state index contributed by atoms with van der Waals surface area (Å²) in [6.07, 6.45) is -2.35. The number of alkyl halides is 3. The number of phenolic OH excluding ortho intramolecular Hbond substituents is 1. The lowest BCUT2D eigenvalue weighted by molar-refractivity contribution is -0.274. The van der Waals surface area contributed by atoms with E-state index in [1.807, 2.05) is 4.57 Å². The Hall–Kier alpha value is -4.12. The number of aryl methyl sites for hydroxylation is 1. The van der Waals surface area contributed by atoms with E-state index in [2.05, 4.69) is 20.0 Å². The standard InChI is InChI=1S/C26H25F3N4O4/c27-26(28,29)37-21-9-5-18(6-10-21)15-33-23(32-22-2-1-13-30-25(22)33)11-12-24(36)31-19(16-34)14-17-3-7-20(35)8-4-17/h1-10,13,19,34-35H,11-12,14-16H2,(H,31,36). The number of aromatic hydroxyl groups is 1. The zero-order chi connectivity index (χ0) is 26.4. The van der Waals surface area contributed by atoms with E-state index in [0.29, 0.717) is 29.0 Å². The van der Waals surface area contributed by atoms with Crippen molar-refractivity contribution >= 4 is 17.1 Å². The molecule has 0 saturated carbocycles. The van der Waals surface area contributed by atoms with Crippen LogP contribution in [0.3, 0.4) is 0 Å². The maximum Gasteiger partial charge on any atom is 0.573 e. The second-order valence-corrected chi connectivity index (χ2v) is 8.47. The van der Waals surface area contributed by atoms with Crippen molar-refractivity contribution in [2.24, 2.45) is 0 Å². The molecule has 2 aromatic carbocycles. The third kappa shape index (κ3) is 7.20. The number of fused-ring (bicyclic) bond motifs is 1. The number of rotatable bonds is 10. The van der Waals surface area contributed by atoms with E-state index in [1.165, 1.54) is 24.3 Å². The molecule has 4 aromatic rings. The first kappa shape index (κ1) is 26.0. The third-order valence-electron chi connectivity index (χ3n) is 5.66. The highest BCUT2D eigenvalue weighted by Gasteiger charge is 2.31. The van der Waals surface area contributed by atoms with Gasteiger partial charge in [-0.1, -0.05) is 24.3 Å². The van der Waals surface area contributed by atoms with Crippen LogP contribution in [0.5, 0.6) is 11.5 Å². The summed E-state index contributed by atoms with van der Waals surface area (Å²) in [5, 5.41) is 21.9. The SMILES string of the molecule is O=C(CCc1nc2cccnc2n1Cc1ccc(OC(F)(F)F)cc1)NC(CO)Cc1ccc(O)cc1. The number of hydrogen-bond acceptors (Lipinski definition) is 6. The van der Waals surface area contributed by atoms with Gasteiger partial charge >= 0.3 is 6.36 Å². The summed E-state index contributed by atoms with van der Waals surface area (Å²) < 4.78 is 43.1. The Morgan fingerprint density at radius 1 is 1.05 bits per heavy atom. The lowest BCUT2D eigenvalue weighted by Gasteiger charge is -2.16. The van der Waals surface area contributed by atoms with Gasteiger partial charge in [0.05, 0.1) is 19.2 Å².